The molecule has 0 saturated heterocycles. The van der Waals surface area contributed by atoms with E-state index >= 15 is 0 Å². The van der Waals surface area contributed by atoms with Crippen molar-refractivity contribution in [2.75, 3.05) is 6.61 Å². The van der Waals surface area contributed by atoms with Crippen molar-refractivity contribution in [2.24, 2.45) is 0 Å². The SMILES string of the molecule is OCCc1cccc2cnccc12. The second-order valence-electron chi connectivity index (χ2n) is 2.99. The van der Waals surface area contributed by atoms with Gasteiger partial charge in [-0.05, 0) is 23.4 Å². The van der Waals surface area contributed by atoms with Crippen LogP contribution in [-0.4, -0.2) is 16.7 Å². The molecule has 0 unspecified atom stereocenters. The molecule has 0 atom stereocenters. The third kappa shape index (κ3) is 1.53. The van der Waals surface area contributed by atoms with Crippen LogP contribution >= 0.6 is 0 Å². The molecule has 0 aliphatic heterocycles. The summed E-state index contributed by atoms with van der Waals surface area (Å²) in [6.07, 6.45) is 4.33. The summed E-state index contributed by atoms with van der Waals surface area (Å²) in [5.74, 6) is 0. The fourth-order valence-corrected chi connectivity index (χ4v) is 1.53. The van der Waals surface area contributed by atoms with Crippen molar-refractivity contribution in [1.29, 1.82) is 0 Å². The van der Waals surface area contributed by atoms with E-state index in [-0.39, 0.29) is 6.61 Å². The highest BCUT2D eigenvalue weighted by atomic mass is 16.2. The Morgan fingerprint density at radius 2 is 2.15 bits per heavy atom. The van der Waals surface area contributed by atoms with E-state index in [9.17, 15) is 0 Å². The molecular formula is C11H11NO. The van der Waals surface area contributed by atoms with Gasteiger partial charge in [0.25, 0.3) is 0 Å². The molecule has 0 aliphatic carbocycles. The van der Waals surface area contributed by atoms with Crippen LogP contribution in [-0.2, 0) is 6.42 Å². The van der Waals surface area contributed by atoms with Crippen molar-refractivity contribution in [3.63, 3.8) is 0 Å². The minimum absolute atomic E-state index is 0.196. The molecule has 0 saturated carbocycles. The van der Waals surface area contributed by atoms with Crippen LogP contribution in [0, 0.1) is 0 Å². The Kier molecular flexibility index (Phi) is 2.23. The molecule has 0 aliphatic rings. The highest BCUT2D eigenvalue weighted by Gasteiger charge is 1.98. The van der Waals surface area contributed by atoms with Crippen LogP contribution in [0.25, 0.3) is 10.8 Å². The minimum atomic E-state index is 0.196. The van der Waals surface area contributed by atoms with E-state index in [4.69, 9.17) is 5.11 Å². The van der Waals surface area contributed by atoms with Crippen molar-refractivity contribution in [3.05, 3.63) is 42.2 Å². The Morgan fingerprint density at radius 1 is 1.23 bits per heavy atom. The van der Waals surface area contributed by atoms with Crippen LogP contribution in [0.1, 0.15) is 5.56 Å². The van der Waals surface area contributed by atoms with Crippen molar-refractivity contribution in [3.8, 4) is 0 Å². The number of rotatable bonds is 2. The normalized spacial score (nSPS) is 10.5. The molecule has 2 rings (SSSR count). The number of hydrogen-bond acceptors (Lipinski definition) is 2. The van der Waals surface area contributed by atoms with Crippen LogP contribution in [0.5, 0.6) is 0 Å². The number of benzene rings is 1. The fraction of sp³-hybridized carbons (Fsp3) is 0.182. The van der Waals surface area contributed by atoms with Crippen LogP contribution in [0.3, 0.4) is 0 Å². The van der Waals surface area contributed by atoms with Gasteiger partial charge in [-0.25, -0.2) is 0 Å². The lowest BCUT2D eigenvalue weighted by atomic mass is 10.0. The molecule has 13 heavy (non-hydrogen) atoms. The molecule has 0 amide bonds. The lowest BCUT2D eigenvalue weighted by Crippen LogP contribution is -1.91. The van der Waals surface area contributed by atoms with E-state index in [0.29, 0.717) is 6.42 Å². The monoisotopic (exact) mass is 173 g/mol. The summed E-state index contributed by atoms with van der Waals surface area (Å²) >= 11 is 0. The second-order valence-corrected chi connectivity index (χ2v) is 2.99. The molecule has 1 aromatic carbocycles. The summed E-state index contributed by atoms with van der Waals surface area (Å²) in [6.45, 7) is 0.196. The van der Waals surface area contributed by atoms with E-state index in [1.54, 1.807) is 6.20 Å². The largest absolute Gasteiger partial charge is 0.396 e. The first kappa shape index (κ1) is 8.20. The summed E-state index contributed by atoms with van der Waals surface area (Å²) in [7, 11) is 0. The van der Waals surface area contributed by atoms with Gasteiger partial charge < -0.3 is 5.11 Å². The Labute approximate surface area is 76.9 Å². The highest BCUT2D eigenvalue weighted by Crippen LogP contribution is 2.17. The topological polar surface area (TPSA) is 33.1 Å². The highest BCUT2D eigenvalue weighted by molar-refractivity contribution is 5.84. The van der Waals surface area contributed by atoms with Crippen molar-refractivity contribution in [1.82, 2.24) is 4.98 Å². The molecule has 0 spiro atoms. The maximum absolute atomic E-state index is 8.86. The summed E-state index contributed by atoms with van der Waals surface area (Å²) in [6, 6.07) is 8.05. The molecule has 0 bridgehead atoms. The van der Waals surface area contributed by atoms with Gasteiger partial charge in [-0.2, -0.15) is 0 Å². The van der Waals surface area contributed by atoms with Crippen molar-refractivity contribution >= 4 is 10.8 Å². The molecule has 1 N–H and O–H groups in total. The molecular weight excluding hydrogens is 162 g/mol. The number of aliphatic hydroxyl groups excluding tert-OH is 1. The number of nitrogens with zero attached hydrogens (tertiary/aromatic N) is 1. The first-order valence-corrected chi connectivity index (χ1v) is 4.34. The molecule has 0 fully saturated rings. The predicted octanol–water partition coefficient (Wildman–Crippen LogP) is 1.77. The zero-order valence-corrected chi connectivity index (χ0v) is 7.27. The van der Waals surface area contributed by atoms with Gasteiger partial charge in [0, 0.05) is 24.4 Å². The van der Waals surface area contributed by atoms with Gasteiger partial charge in [0.05, 0.1) is 0 Å². The van der Waals surface area contributed by atoms with E-state index in [2.05, 4.69) is 4.98 Å². The molecule has 2 aromatic rings. The zero-order chi connectivity index (χ0) is 9.10. The quantitative estimate of drug-likeness (QED) is 0.750. The smallest absolute Gasteiger partial charge is 0.0471 e. The van der Waals surface area contributed by atoms with Crippen LogP contribution < -0.4 is 0 Å². The van der Waals surface area contributed by atoms with E-state index < -0.39 is 0 Å². The van der Waals surface area contributed by atoms with Gasteiger partial charge in [-0.3, -0.25) is 4.98 Å². The molecule has 1 heterocycles. The molecule has 0 radical (unpaired) electrons. The standard InChI is InChI=1S/C11H11NO/c13-7-5-9-2-1-3-10-8-12-6-4-11(9)10/h1-4,6,8,13H,5,7H2. The van der Waals surface area contributed by atoms with Crippen molar-refractivity contribution < 1.29 is 5.11 Å². The fourth-order valence-electron chi connectivity index (χ4n) is 1.53. The average Bonchev–Trinajstić information content (AvgIpc) is 2.19. The number of fused-ring (bicyclic) bond motifs is 1. The zero-order valence-electron chi connectivity index (χ0n) is 7.27. The predicted molar refractivity (Wildman–Crippen MR) is 52.5 cm³/mol. The summed E-state index contributed by atoms with van der Waals surface area (Å²) < 4.78 is 0. The molecule has 2 nitrogen and oxygen atoms in total. The Balaban J connectivity index is 2.61. The number of hydrogen-bond donors (Lipinski definition) is 1. The first-order chi connectivity index (χ1) is 6.42. The number of aliphatic hydroxyl groups is 1. The third-order valence-electron chi connectivity index (χ3n) is 2.15. The van der Waals surface area contributed by atoms with Gasteiger partial charge in [0.1, 0.15) is 0 Å². The van der Waals surface area contributed by atoms with Crippen LogP contribution in [0.15, 0.2) is 36.7 Å². The van der Waals surface area contributed by atoms with E-state index in [0.717, 1.165) is 5.39 Å². The maximum atomic E-state index is 8.86. The number of pyridine rings is 1. The summed E-state index contributed by atoms with van der Waals surface area (Å²) in [4.78, 5) is 4.05. The number of aromatic nitrogens is 1. The van der Waals surface area contributed by atoms with Gasteiger partial charge in [0.15, 0.2) is 0 Å². The molecule has 2 heteroatoms. The second kappa shape index (κ2) is 3.54. The lowest BCUT2D eigenvalue weighted by molar-refractivity contribution is 0.300. The van der Waals surface area contributed by atoms with Gasteiger partial charge in [-0.15, -0.1) is 0 Å². The van der Waals surface area contributed by atoms with Crippen LogP contribution in [0.4, 0.5) is 0 Å². The Bertz CT molecular complexity index is 406. The molecule has 1 aromatic heterocycles. The lowest BCUT2D eigenvalue weighted by Gasteiger charge is -2.03. The maximum Gasteiger partial charge on any atom is 0.0471 e. The van der Waals surface area contributed by atoms with E-state index in [1.165, 1.54) is 10.9 Å². The van der Waals surface area contributed by atoms with Gasteiger partial charge >= 0.3 is 0 Å². The third-order valence-corrected chi connectivity index (χ3v) is 2.15. The van der Waals surface area contributed by atoms with Gasteiger partial charge in [-0.1, -0.05) is 18.2 Å². The summed E-state index contributed by atoms with van der Waals surface area (Å²) in [5, 5.41) is 11.2. The van der Waals surface area contributed by atoms with Gasteiger partial charge in [0.2, 0.25) is 0 Å². The van der Waals surface area contributed by atoms with Crippen LogP contribution in [0.2, 0.25) is 0 Å². The first-order valence-electron chi connectivity index (χ1n) is 4.34. The molecule has 66 valence electrons. The minimum Gasteiger partial charge on any atom is -0.396 e. The van der Waals surface area contributed by atoms with Crippen molar-refractivity contribution in [2.45, 2.75) is 6.42 Å². The Morgan fingerprint density at radius 3 is 3.00 bits per heavy atom. The Hall–Kier alpha value is -1.41. The summed E-state index contributed by atoms with van der Waals surface area (Å²) in [5.41, 5.74) is 1.18. The van der Waals surface area contributed by atoms with E-state index in [1.807, 2.05) is 30.5 Å². The average molecular weight is 173 g/mol.